The maximum atomic E-state index is 12.3. The summed E-state index contributed by atoms with van der Waals surface area (Å²) in [4.78, 5) is 16.8. The standard InChI is InChI=1S/C22H16ClN5O2/c23-16-10-5-4-9-15(16)18-13-17(14-7-2-1-3-8-14)24-22-26-21(27-28(18)22)25-20(29)19-11-6-12-30-19/h1-13,18H,(H2,24,25,26,27,29)/t18-/m1/s1. The zero-order valence-corrected chi connectivity index (χ0v) is 16.4. The molecule has 5 rings (SSSR count). The number of furan rings is 1. The number of nitrogens with zero attached hydrogens (tertiary/aromatic N) is 3. The fourth-order valence-electron chi connectivity index (χ4n) is 3.34. The highest BCUT2D eigenvalue weighted by Crippen LogP contribution is 2.35. The first-order valence-electron chi connectivity index (χ1n) is 9.29. The molecule has 0 fully saturated rings. The monoisotopic (exact) mass is 417 g/mol. The molecule has 1 atom stereocenters. The lowest BCUT2D eigenvalue weighted by atomic mass is 10.0. The van der Waals surface area contributed by atoms with E-state index in [1.54, 1.807) is 16.8 Å². The summed E-state index contributed by atoms with van der Waals surface area (Å²) >= 11 is 6.48. The first kappa shape index (κ1) is 18.2. The van der Waals surface area contributed by atoms with Crippen LogP contribution in [-0.2, 0) is 0 Å². The number of allylic oxidation sites excluding steroid dienone is 1. The van der Waals surface area contributed by atoms with Gasteiger partial charge in [-0.2, -0.15) is 4.98 Å². The summed E-state index contributed by atoms with van der Waals surface area (Å²) in [5.74, 6) is 0.421. The molecule has 1 aliphatic heterocycles. The van der Waals surface area contributed by atoms with Crippen LogP contribution in [0.5, 0.6) is 0 Å². The summed E-state index contributed by atoms with van der Waals surface area (Å²) in [5.41, 5.74) is 2.76. The highest BCUT2D eigenvalue weighted by atomic mass is 35.5. The van der Waals surface area contributed by atoms with Crippen molar-refractivity contribution in [2.24, 2.45) is 0 Å². The van der Waals surface area contributed by atoms with Gasteiger partial charge in [0.25, 0.3) is 11.9 Å². The third-order valence-corrected chi connectivity index (χ3v) is 5.09. The Labute approximate surface area is 177 Å². The second kappa shape index (κ2) is 7.53. The Bertz CT molecular complexity index is 1230. The van der Waals surface area contributed by atoms with Gasteiger partial charge in [0.05, 0.1) is 6.26 Å². The van der Waals surface area contributed by atoms with Crippen molar-refractivity contribution in [3.05, 3.63) is 101 Å². The van der Waals surface area contributed by atoms with Crippen LogP contribution in [0.3, 0.4) is 0 Å². The van der Waals surface area contributed by atoms with E-state index in [1.807, 2.05) is 60.7 Å². The predicted octanol–water partition coefficient (Wildman–Crippen LogP) is 4.83. The van der Waals surface area contributed by atoms with Gasteiger partial charge in [-0.1, -0.05) is 60.1 Å². The van der Waals surface area contributed by atoms with Crippen LogP contribution in [0.4, 0.5) is 11.9 Å². The molecule has 148 valence electrons. The lowest BCUT2D eigenvalue weighted by Crippen LogP contribution is -2.20. The van der Waals surface area contributed by atoms with Crippen molar-refractivity contribution in [3.8, 4) is 0 Å². The third kappa shape index (κ3) is 3.35. The summed E-state index contributed by atoms with van der Waals surface area (Å²) in [6.45, 7) is 0. The number of carbonyl (C=O) groups is 1. The smallest absolute Gasteiger partial charge is 0.293 e. The van der Waals surface area contributed by atoms with Gasteiger partial charge < -0.3 is 9.73 Å². The van der Waals surface area contributed by atoms with Crippen LogP contribution in [0.1, 0.15) is 27.7 Å². The van der Waals surface area contributed by atoms with Crippen molar-refractivity contribution >= 4 is 35.1 Å². The maximum Gasteiger partial charge on any atom is 0.293 e. The Hall–Kier alpha value is -3.84. The Morgan fingerprint density at radius 3 is 2.63 bits per heavy atom. The molecule has 3 heterocycles. The van der Waals surface area contributed by atoms with Crippen molar-refractivity contribution in [3.63, 3.8) is 0 Å². The molecule has 0 spiro atoms. The van der Waals surface area contributed by atoms with Crippen LogP contribution in [0.15, 0.2) is 83.5 Å². The maximum absolute atomic E-state index is 12.3. The molecule has 0 saturated heterocycles. The topological polar surface area (TPSA) is 85.0 Å². The molecule has 4 aromatic rings. The Kier molecular flexibility index (Phi) is 4.57. The number of hydrogen-bond acceptors (Lipinski definition) is 5. The van der Waals surface area contributed by atoms with E-state index in [1.165, 1.54) is 6.26 Å². The van der Waals surface area contributed by atoms with Crippen LogP contribution in [-0.4, -0.2) is 20.7 Å². The molecule has 0 bridgehead atoms. The van der Waals surface area contributed by atoms with Crippen LogP contribution in [0, 0.1) is 0 Å². The third-order valence-electron chi connectivity index (χ3n) is 4.74. The minimum Gasteiger partial charge on any atom is -0.459 e. The van der Waals surface area contributed by atoms with E-state index in [2.05, 4.69) is 20.7 Å². The van der Waals surface area contributed by atoms with Crippen molar-refractivity contribution in [2.45, 2.75) is 6.04 Å². The number of nitrogens with one attached hydrogen (secondary N) is 2. The average Bonchev–Trinajstić information content (AvgIpc) is 3.44. The quantitative estimate of drug-likeness (QED) is 0.496. The second-order valence-corrected chi connectivity index (χ2v) is 7.08. The van der Waals surface area contributed by atoms with Crippen LogP contribution < -0.4 is 10.6 Å². The van der Waals surface area contributed by atoms with Gasteiger partial charge in [0.1, 0.15) is 6.04 Å². The van der Waals surface area contributed by atoms with Gasteiger partial charge in [-0.3, -0.25) is 10.1 Å². The van der Waals surface area contributed by atoms with Gasteiger partial charge in [-0.25, -0.2) is 4.68 Å². The molecule has 2 aromatic heterocycles. The first-order chi connectivity index (χ1) is 14.7. The number of carbonyl (C=O) groups excluding carboxylic acids is 1. The number of aromatic nitrogens is 3. The molecule has 0 radical (unpaired) electrons. The highest BCUT2D eigenvalue weighted by Gasteiger charge is 2.27. The van der Waals surface area contributed by atoms with E-state index in [4.69, 9.17) is 16.0 Å². The average molecular weight is 418 g/mol. The fourth-order valence-corrected chi connectivity index (χ4v) is 3.59. The summed E-state index contributed by atoms with van der Waals surface area (Å²) in [6, 6.07) is 20.4. The second-order valence-electron chi connectivity index (χ2n) is 6.67. The Morgan fingerprint density at radius 2 is 1.87 bits per heavy atom. The summed E-state index contributed by atoms with van der Waals surface area (Å²) in [6.07, 6.45) is 3.47. The van der Waals surface area contributed by atoms with Gasteiger partial charge in [0, 0.05) is 10.7 Å². The van der Waals surface area contributed by atoms with E-state index >= 15 is 0 Å². The number of benzene rings is 2. The van der Waals surface area contributed by atoms with E-state index in [0.717, 1.165) is 16.8 Å². The molecular weight excluding hydrogens is 402 g/mol. The zero-order chi connectivity index (χ0) is 20.5. The zero-order valence-electron chi connectivity index (χ0n) is 15.6. The molecule has 8 heteroatoms. The molecular formula is C22H16ClN5O2. The van der Waals surface area contributed by atoms with Crippen LogP contribution in [0.25, 0.3) is 5.70 Å². The van der Waals surface area contributed by atoms with Gasteiger partial charge in [0.2, 0.25) is 5.95 Å². The molecule has 30 heavy (non-hydrogen) atoms. The Balaban J connectivity index is 1.55. The highest BCUT2D eigenvalue weighted by molar-refractivity contribution is 6.31. The summed E-state index contributed by atoms with van der Waals surface area (Å²) in [5, 5.41) is 11.1. The molecule has 0 unspecified atom stereocenters. The number of rotatable bonds is 4. The van der Waals surface area contributed by atoms with Gasteiger partial charge >= 0.3 is 0 Å². The van der Waals surface area contributed by atoms with Crippen molar-refractivity contribution < 1.29 is 9.21 Å². The van der Waals surface area contributed by atoms with Crippen molar-refractivity contribution in [2.75, 3.05) is 10.6 Å². The number of hydrogen-bond donors (Lipinski definition) is 2. The van der Waals surface area contributed by atoms with E-state index in [-0.39, 0.29) is 17.8 Å². The molecule has 2 aromatic carbocycles. The summed E-state index contributed by atoms with van der Waals surface area (Å²) < 4.78 is 6.83. The van der Waals surface area contributed by atoms with Gasteiger partial charge in [-0.05, 0) is 35.4 Å². The van der Waals surface area contributed by atoms with Crippen molar-refractivity contribution in [1.82, 2.24) is 14.8 Å². The van der Waals surface area contributed by atoms with Crippen molar-refractivity contribution in [1.29, 1.82) is 0 Å². The molecule has 1 amide bonds. The van der Waals surface area contributed by atoms with Crippen LogP contribution in [0.2, 0.25) is 5.02 Å². The summed E-state index contributed by atoms with van der Waals surface area (Å²) in [7, 11) is 0. The van der Waals surface area contributed by atoms with Crippen LogP contribution >= 0.6 is 11.6 Å². The minimum atomic E-state index is -0.423. The van der Waals surface area contributed by atoms with E-state index in [9.17, 15) is 4.79 Å². The Morgan fingerprint density at radius 1 is 1.07 bits per heavy atom. The van der Waals surface area contributed by atoms with E-state index < -0.39 is 5.91 Å². The number of halogens is 1. The minimum absolute atomic E-state index is 0.165. The normalized spacial score (nSPS) is 15.1. The number of amides is 1. The molecule has 2 N–H and O–H groups in total. The lowest BCUT2D eigenvalue weighted by molar-refractivity contribution is 0.0996. The molecule has 0 saturated carbocycles. The molecule has 0 aliphatic carbocycles. The molecule has 1 aliphatic rings. The fraction of sp³-hybridized carbons (Fsp3) is 0.0455. The SMILES string of the molecule is O=C(Nc1nc2n(n1)[C@@H](c1ccccc1Cl)C=C(c1ccccc1)N2)c1ccco1. The largest absolute Gasteiger partial charge is 0.459 e. The van der Waals surface area contributed by atoms with Gasteiger partial charge in [-0.15, -0.1) is 5.10 Å². The number of anilines is 2. The lowest BCUT2D eigenvalue weighted by Gasteiger charge is -2.24. The van der Waals surface area contributed by atoms with E-state index in [0.29, 0.717) is 11.0 Å². The first-order valence-corrected chi connectivity index (χ1v) is 9.67. The molecule has 7 nitrogen and oxygen atoms in total. The predicted molar refractivity (Wildman–Crippen MR) is 114 cm³/mol. The number of fused-ring (bicyclic) bond motifs is 1. The van der Waals surface area contributed by atoms with Gasteiger partial charge in [0.15, 0.2) is 5.76 Å².